The van der Waals surface area contributed by atoms with Crippen LogP contribution in [-0.4, -0.2) is 30.8 Å². The second-order valence-corrected chi connectivity index (χ2v) is 17.4. The second-order valence-electron chi connectivity index (χ2n) is 12.7. The van der Waals surface area contributed by atoms with E-state index in [-0.39, 0.29) is 23.1 Å². The van der Waals surface area contributed by atoms with Crippen molar-refractivity contribution in [2.24, 2.45) is 0 Å². The fourth-order valence-corrected chi connectivity index (χ4v) is 5.94. The molecule has 44 heavy (non-hydrogen) atoms. The van der Waals surface area contributed by atoms with E-state index in [1.165, 1.54) is 0 Å². The molecule has 8 heteroatoms. The lowest BCUT2D eigenvalue weighted by Gasteiger charge is -2.22. The highest BCUT2D eigenvalue weighted by atomic mass is 28.3. The van der Waals surface area contributed by atoms with E-state index < -0.39 is 14.1 Å². The SMILES string of the molecule is COc1cccc(-c2c(NC(=O)Nc3c(C(C)C)cccc3C(C)C)c(=O)n(CCCC#C[Si](C)(C)C)c3ncccc23)c1. The Morgan fingerprint density at radius 2 is 1.61 bits per heavy atom. The number of carbonyl (C=O) groups is 1. The predicted octanol–water partition coefficient (Wildman–Crippen LogP) is 8.62. The molecule has 2 N–H and O–H groups in total. The number of amides is 2. The lowest BCUT2D eigenvalue weighted by atomic mass is 9.93. The number of benzene rings is 2. The van der Waals surface area contributed by atoms with Crippen molar-refractivity contribution in [2.45, 2.75) is 78.6 Å². The average Bonchev–Trinajstić information content (AvgIpc) is 2.97. The van der Waals surface area contributed by atoms with Crippen LogP contribution in [0.3, 0.4) is 0 Å². The van der Waals surface area contributed by atoms with Crippen LogP contribution in [0.2, 0.25) is 19.6 Å². The molecule has 0 fully saturated rings. The summed E-state index contributed by atoms with van der Waals surface area (Å²) in [5, 5.41) is 6.84. The number of hydrogen-bond acceptors (Lipinski definition) is 4. The summed E-state index contributed by atoms with van der Waals surface area (Å²) >= 11 is 0. The van der Waals surface area contributed by atoms with Gasteiger partial charge in [0.2, 0.25) is 0 Å². The van der Waals surface area contributed by atoms with E-state index in [2.05, 4.69) is 74.4 Å². The number of fused-ring (bicyclic) bond motifs is 1. The number of aromatic nitrogens is 2. The predicted molar refractivity (Wildman–Crippen MR) is 186 cm³/mol. The van der Waals surface area contributed by atoms with Crippen LogP contribution in [-0.2, 0) is 6.54 Å². The fourth-order valence-electron chi connectivity index (χ4n) is 5.29. The third-order valence-electron chi connectivity index (χ3n) is 7.38. The van der Waals surface area contributed by atoms with Gasteiger partial charge in [0.15, 0.2) is 0 Å². The normalized spacial score (nSPS) is 11.4. The van der Waals surface area contributed by atoms with Gasteiger partial charge >= 0.3 is 6.03 Å². The molecule has 4 aromatic rings. The highest BCUT2D eigenvalue weighted by molar-refractivity contribution is 6.83. The number of nitrogens with one attached hydrogen (secondary N) is 2. The highest BCUT2D eigenvalue weighted by Crippen LogP contribution is 2.36. The van der Waals surface area contributed by atoms with E-state index in [1.807, 2.05) is 54.6 Å². The summed E-state index contributed by atoms with van der Waals surface area (Å²) in [6.45, 7) is 15.5. The molecule has 230 valence electrons. The zero-order valence-electron chi connectivity index (χ0n) is 27.2. The van der Waals surface area contributed by atoms with Gasteiger partial charge in [-0.1, -0.05) is 77.7 Å². The number of anilines is 2. The number of hydrogen-bond donors (Lipinski definition) is 2. The largest absolute Gasteiger partial charge is 0.497 e. The van der Waals surface area contributed by atoms with Crippen molar-refractivity contribution in [1.82, 2.24) is 9.55 Å². The van der Waals surface area contributed by atoms with Gasteiger partial charge in [-0.3, -0.25) is 9.36 Å². The maximum atomic E-state index is 14.3. The van der Waals surface area contributed by atoms with Crippen LogP contribution in [0.1, 0.15) is 63.5 Å². The minimum Gasteiger partial charge on any atom is -0.497 e. The number of urea groups is 1. The number of aryl methyl sites for hydroxylation is 1. The Morgan fingerprint density at radius 1 is 0.955 bits per heavy atom. The summed E-state index contributed by atoms with van der Waals surface area (Å²) < 4.78 is 7.16. The summed E-state index contributed by atoms with van der Waals surface area (Å²) in [5.41, 5.74) is 8.04. The molecule has 0 aliphatic rings. The fraction of sp³-hybridized carbons (Fsp3) is 0.361. The van der Waals surface area contributed by atoms with E-state index in [0.717, 1.165) is 27.8 Å². The standard InChI is InChI=1S/C36H44N4O3Si/c1-24(2)28-17-13-18-29(25(3)4)32(28)38-36(42)39-33-31(26-15-12-16-27(23-26)43-5)30-19-14-20-37-34(30)40(35(33)41)21-10-9-11-22-44(6,7)8/h12-20,23-25H,9-10,21H2,1-8H3,(H2,38,39,42). The van der Waals surface area contributed by atoms with Gasteiger partial charge < -0.3 is 15.4 Å². The molecular weight excluding hydrogens is 565 g/mol. The zero-order valence-corrected chi connectivity index (χ0v) is 28.2. The van der Waals surface area contributed by atoms with Gasteiger partial charge in [0.1, 0.15) is 25.2 Å². The third kappa shape index (κ3) is 7.58. The van der Waals surface area contributed by atoms with Gasteiger partial charge in [-0.15, -0.1) is 11.5 Å². The van der Waals surface area contributed by atoms with Crippen LogP contribution in [0, 0.1) is 11.5 Å². The van der Waals surface area contributed by atoms with E-state index in [4.69, 9.17) is 4.74 Å². The van der Waals surface area contributed by atoms with Crippen molar-refractivity contribution in [1.29, 1.82) is 0 Å². The van der Waals surface area contributed by atoms with Crippen molar-refractivity contribution < 1.29 is 9.53 Å². The smallest absolute Gasteiger partial charge is 0.323 e. The first-order valence-electron chi connectivity index (χ1n) is 15.3. The number of pyridine rings is 2. The first kappa shape index (κ1) is 32.6. The Morgan fingerprint density at radius 3 is 2.25 bits per heavy atom. The number of rotatable bonds is 9. The minimum atomic E-state index is -1.48. The number of carbonyl (C=O) groups excluding carboxylic acids is 1. The number of unbranched alkanes of at least 4 members (excludes halogenated alkanes) is 1. The molecule has 0 radical (unpaired) electrons. The van der Waals surface area contributed by atoms with Crippen molar-refractivity contribution in [2.75, 3.05) is 17.7 Å². The zero-order chi connectivity index (χ0) is 32.0. The Hall–Kier alpha value is -4.35. The number of nitrogens with zero attached hydrogens (tertiary/aromatic N) is 2. The average molecular weight is 609 g/mol. The molecule has 0 unspecified atom stereocenters. The molecule has 2 aromatic heterocycles. The van der Waals surface area contributed by atoms with Crippen molar-refractivity contribution in [3.05, 3.63) is 82.3 Å². The van der Waals surface area contributed by atoms with Crippen LogP contribution in [0.5, 0.6) is 5.75 Å². The third-order valence-corrected chi connectivity index (χ3v) is 8.30. The second kappa shape index (κ2) is 14.0. The Balaban J connectivity index is 1.85. The van der Waals surface area contributed by atoms with Crippen LogP contribution in [0.25, 0.3) is 22.2 Å². The maximum Gasteiger partial charge on any atom is 0.323 e. The van der Waals surface area contributed by atoms with Gasteiger partial charge in [-0.05, 0) is 59.2 Å². The molecule has 4 rings (SSSR count). The Kier molecular flexibility index (Phi) is 10.3. The molecule has 2 aromatic carbocycles. The molecule has 2 heterocycles. The molecule has 0 aliphatic carbocycles. The van der Waals surface area contributed by atoms with Crippen LogP contribution in [0.4, 0.5) is 16.2 Å². The Bertz CT molecular complexity index is 1750. The van der Waals surface area contributed by atoms with E-state index >= 15 is 0 Å². The summed E-state index contributed by atoms with van der Waals surface area (Å²) in [6, 6.07) is 16.9. The molecule has 0 bridgehead atoms. The van der Waals surface area contributed by atoms with Crippen LogP contribution in [0.15, 0.2) is 65.6 Å². The van der Waals surface area contributed by atoms with Gasteiger partial charge in [-0.2, -0.15) is 0 Å². The van der Waals surface area contributed by atoms with Gasteiger partial charge in [0, 0.05) is 35.8 Å². The van der Waals surface area contributed by atoms with Gasteiger partial charge in [-0.25, -0.2) is 9.78 Å². The Labute approximate surface area is 262 Å². The van der Waals surface area contributed by atoms with Gasteiger partial charge in [0.05, 0.1) is 7.11 Å². The van der Waals surface area contributed by atoms with Crippen LogP contribution < -0.4 is 20.9 Å². The van der Waals surface area contributed by atoms with Crippen molar-refractivity contribution in [3.63, 3.8) is 0 Å². The molecule has 7 nitrogen and oxygen atoms in total. The number of para-hydroxylation sites is 1. The molecule has 2 amide bonds. The minimum absolute atomic E-state index is 0.192. The first-order valence-corrected chi connectivity index (χ1v) is 18.8. The van der Waals surface area contributed by atoms with Crippen molar-refractivity contribution >= 4 is 36.5 Å². The highest BCUT2D eigenvalue weighted by Gasteiger charge is 2.23. The molecular formula is C36H44N4O3Si. The summed E-state index contributed by atoms with van der Waals surface area (Å²) in [5.74, 6) is 4.34. The quantitative estimate of drug-likeness (QED) is 0.113. The van der Waals surface area contributed by atoms with Gasteiger partial charge in [0.25, 0.3) is 5.56 Å². The topological polar surface area (TPSA) is 85.3 Å². The van der Waals surface area contributed by atoms with Crippen molar-refractivity contribution in [3.8, 4) is 28.3 Å². The monoisotopic (exact) mass is 608 g/mol. The van der Waals surface area contributed by atoms with E-state index in [9.17, 15) is 9.59 Å². The maximum absolute atomic E-state index is 14.3. The lowest BCUT2D eigenvalue weighted by Crippen LogP contribution is -2.30. The first-order chi connectivity index (χ1) is 20.9. The lowest BCUT2D eigenvalue weighted by molar-refractivity contribution is 0.262. The molecule has 0 saturated heterocycles. The number of ether oxygens (including phenoxy) is 1. The van der Waals surface area contributed by atoms with E-state index in [1.54, 1.807) is 17.9 Å². The van der Waals surface area contributed by atoms with E-state index in [0.29, 0.717) is 36.3 Å². The summed E-state index contributed by atoms with van der Waals surface area (Å²) in [7, 11) is 0.121. The molecule has 0 saturated carbocycles. The van der Waals surface area contributed by atoms with Crippen LogP contribution >= 0.6 is 0 Å². The molecule has 0 aliphatic heterocycles. The number of methoxy groups -OCH3 is 1. The summed E-state index contributed by atoms with van der Waals surface area (Å²) in [6.07, 6.45) is 3.05. The summed E-state index contributed by atoms with van der Waals surface area (Å²) in [4.78, 5) is 32.8. The molecule has 0 spiro atoms. The molecule has 0 atom stereocenters.